The summed E-state index contributed by atoms with van der Waals surface area (Å²) in [7, 11) is 0. The number of rotatable bonds is 9. The van der Waals surface area contributed by atoms with Gasteiger partial charge in [0.05, 0.1) is 6.54 Å². The summed E-state index contributed by atoms with van der Waals surface area (Å²) in [5.41, 5.74) is 3.15. The molecule has 1 aliphatic rings. The molecule has 2 aromatic carbocycles. The van der Waals surface area contributed by atoms with Crippen LogP contribution in [0.2, 0.25) is 5.02 Å². The number of hydrogen-bond acceptors (Lipinski definition) is 7. The van der Waals surface area contributed by atoms with Crippen LogP contribution in [0.4, 0.5) is 0 Å². The fourth-order valence-corrected chi connectivity index (χ4v) is 3.98. The second kappa shape index (κ2) is 10.6. The van der Waals surface area contributed by atoms with Crippen LogP contribution in [0.25, 0.3) is 0 Å². The molecule has 4 aromatic rings. The fourth-order valence-electron chi connectivity index (χ4n) is 3.79. The number of pyridine rings is 1. The van der Waals surface area contributed by atoms with Gasteiger partial charge in [-0.25, -0.2) is 4.98 Å². The van der Waals surface area contributed by atoms with Gasteiger partial charge in [-0.05, 0) is 41.0 Å². The molecule has 0 spiro atoms. The molecule has 5 rings (SSSR count). The minimum Gasteiger partial charge on any atom is -0.454 e. The smallest absolute Gasteiger partial charge is 0.273 e. The summed E-state index contributed by atoms with van der Waals surface area (Å²) in [6.45, 7) is 2.13. The van der Waals surface area contributed by atoms with Crippen LogP contribution in [0.5, 0.6) is 11.5 Å². The first kappa shape index (κ1) is 22.9. The molecule has 1 N–H and O–H groups in total. The van der Waals surface area contributed by atoms with Crippen molar-refractivity contribution >= 4 is 17.5 Å². The Bertz CT molecular complexity index is 1310. The number of ether oxygens (including phenoxy) is 2. The molecular formula is C26H23ClN4O4. The van der Waals surface area contributed by atoms with Gasteiger partial charge in [-0.15, -0.1) is 0 Å². The molecule has 1 aliphatic heterocycles. The molecule has 0 saturated heterocycles. The van der Waals surface area contributed by atoms with E-state index in [-0.39, 0.29) is 18.4 Å². The van der Waals surface area contributed by atoms with Crippen LogP contribution in [-0.2, 0) is 26.2 Å². The van der Waals surface area contributed by atoms with Crippen LogP contribution < -0.4 is 14.8 Å². The maximum atomic E-state index is 12.5. The molecule has 0 radical (unpaired) electrons. The molecular weight excluding hydrogens is 468 g/mol. The third-order valence-corrected chi connectivity index (χ3v) is 5.88. The first-order chi connectivity index (χ1) is 17.1. The van der Waals surface area contributed by atoms with E-state index in [2.05, 4.69) is 20.2 Å². The Morgan fingerprint density at radius 1 is 1.00 bits per heavy atom. The molecule has 0 fully saturated rings. The molecule has 0 saturated carbocycles. The summed E-state index contributed by atoms with van der Waals surface area (Å²) < 4.78 is 16.6. The van der Waals surface area contributed by atoms with Gasteiger partial charge in [0, 0.05) is 37.1 Å². The predicted molar refractivity (Wildman–Crippen MR) is 129 cm³/mol. The quantitative estimate of drug-likeness (QED) is 0.367. The highest BCUT2D eigenvalue weighted by Gasteiger charge is 2.18. The van der Waals surface area contributed by atoms with Crippen LogP contribution in [0, 0.1) is 0 Å². The first-order valence-electron chi connectivity index (χ1n) is 11.1. The van der Waals surface area contributed by atoms with E-state index in [1.165, 1.54) is 6.26 Å². The average Bonchev–Trinajstić information content (AvgIpc) is 3.54. The molecule has 3 heterocycles. The Hall–Kier alpha value is -3.88. The van der Waals surface area contributed by atoms with Crippen LogP contribution in [0.15, 0.2) is 77.7 Å². The standard InChI is InChI=1S/C26H23ClN4O4/c27-21-6-2-1-5-20(21)14-31(13-18-7-8-23-24(10-18)35-17-34-23)15-25-30-22(16-33-25)26(32)29-12-19-4-3-9-28-11-19/h1-11,16H,12-15,17H2,(H,29,32). The van der Waals surface area contributed by atoms with Crippen molar-refractivity contribution in [1.82, 2.24) is 20.2 Å². The lowest BCUT2D eigenvalue weighted by molar-refractivity contribution is 0.0945. The zero-order valence-corrected chi connectivity index (χ0v) is 19.6. The number of benzene rings is 2. The minimum absolute atomic E-state index is 0.226. The Balaban J connectivity index is 1.29. The van der Waals surface area contributed by atoms with Crippen LogP contribution in [-0.4, -0.2) is 27.6 Å². The molecule has 0 aliphatic carbocycles. The second-order valence-electron chi connectivity index (χ2n) is 8.09. The highest BCUT2D eigenvalue weighted by Crippen LogP contribution is 2.33. The monoisotopic (exact) mass is 490 g/mol. The minimum atomic E-state index is -0.308. The Morgan fingerprint density at radius 2 is 1.89 bits per heavy atom. The summed E-state index contributed by atoms with van der Waals surface area (Å²) in [6.07, 6.45) is 4.77. The Labute approximate surface area is 207 Å². The molecule has 8 nitrogen and oxygen atoms in total. The summed E-state index contributed by atoms with van der Waals surface area (Å²) in [6, 6.07) is 17.3. The van der Waals surface area contributed by atoms with E-state index in [9.17, 15) is 4.79 Å². The van der Waals surface area contributed by atoms with Crippen molar-refractivity contribution in [2.45, 2.75) is 26.2 Å². The number of aromatic nitrogens is 2. The molecule has 2 aromatic heterocycles. The SMILES string of the molecule is O=C(NCc1cccnc1)c1coc(CN(Cc2ccc3c(c2)OCO3)Cc2ccccc2Cl)n1. The van der Waals surface area contributed by atoms with E-state index in [1.54, 1.807) is 12.4 Å². The summed E-state index contributed by atoms with van der Waals surface area (Å²) in [5, 5.41) is 3.52. The molecule has 35 heavy (non-hydrogen) atoms. The maximum Gasteiger partial charge on any atom is 0.273 e. The van der Waals surface area contributed by atoms with E-state index in [0.717, 1.165) is 28.2 Å². The van der Waals surface area contributed by atoms with E-state index >= 15 is 0 Å². The van der Waals surface area contributed by atoms with Gasteiger partial charge in [-0.2, -0.15) is 0 Å². The van der Waals surface area contributed by atoms with Crippen LogP contribution >= 0.6 is 11.6 Å². The number of nitrogens with one attached hydrogen (secondary N) is 1. The van der Waals surface area contributed by atoms with Gasteiger partial charge in [-0.3, -0.25) is 14.7 Å². The van der Waals surface area contributed by atoms with Gasteiger partial charge in [-0.1, -0.05) is 41.9 Å². The van der Waals surface area contributed by atoms with Gasteiger partial charge in [0.1, 0.15) is 6.26 Å². The highest BCUT2D eigenvalue weighted by molar-refractivity contribution is 6.31. The number of carbonyl (C=O) groups excluding carboxylic acids is 1. The number of amides is 1. The van der Waals surface area contributed by atoms with Gasteiger partial charge in [0.2, 0.25) is 12.7 Å². The number of fused-ring (bicyclic) bond motifs is 1. The van der Waals surface area contributed by atoms with Crippen molar-refractivity contribution < 1.29 is 18.7 Å². The summed E-state index contributed by atoms with van der Waals surface area (Å²) in [5.74, 6) is 1.59. The van der Waals surface area contributed by atoms with Crippen molar-refractivity contribution in [3.05, 3.63) is 107 Å². The second-order valence-corrected chi connectivity index (χ2v) is 8.50. The van der Waals surface area contributed by atoms with Gasteiger partial charge < -0.3 is 19.2 Å². The fraction of sp³-hybridized carbons (Fsp3) is 0.192. The zero-order chi connectivity index (χ0) is 24.0. The summed E-state index contributed by atoms with van der Waals surface area (Å²) in [4.78, 5) is 23.1. The molecule has 9 heteroatoms. The third-order valence-electron chi connectivity index (χ3n) is 5.51. The first-order valence-corrected chi connectivity index (χ1v) is 11.5. The maximum absolute atomic E-state index is 12.5. The predicted octanol–water partition coefficient (Wildman–Crippen LogP) is 4.58. The number of halogens is 1. The summed E-state index contributed by atoms with van der Waals surface area (Å²) >= 11 is 6.42. The van der Waals surface area contributed by atoms with E-state index in [1.807, 2.05) is 54.6 Å². The van der Waals surface area contributed by atoms with Gasteiger partial charge >= 0.3 is 0 Å². The number of oxazole rings is 1. The molecule has 0 unspecified atom stereocenters. The van der Waals surface area contributed by atoms with Crippen molar-refractivity contribution in [3.8, 4) is 11.5 Å². The van der Waals surface area contributed by atoms with Crippen molar-refractivity contribution in [2.75, 3.05) is 6.79 Å². The van der Waals surface area contributed by atoms with E-state index in [0.29, 0.717) is 37.1 Å². The lowest BCUT2D eigenvalue weighted by Crippen LogP contribution is -2.24. The average molecular weight is 491 g/mol. The van der Waals surface area contributed by atoms with Crippen molar-refractivity contribution in [2.24, 2.45) is 0 Å². The third kappa shape index (κ3) is 5.79. The zero-order valence-electron chi connectivity index (χ0n) is 18.8. The normalized spacial score (nSPS) is 12.2. The number of hydrogen-bond donors (Lipinski definition) is 1. The topological polar surface area (TPSA) is 89.7 Å². The molecule has 0 bridgehead atoms. The van der Waals surface area contributed by atoms with Gasteiger partial charge in [0.15, 0.2) is 17.2 Å². The van der Waals surface area contributed by atoms with Crippen molar-refractivity contribution in [3.63, 3.8) is 0 Å². The lowest BCUT2D eigenvalue weighted by Gasteiger charge is -2.21. The van der Waals surface area contributed by atoms with Crippen molar-refractivity contribution in [1.29, 1.82) is 0 Å². The molecule has 0 atom stereocenters. The number of carbonyl (C=O) groups is 1. The van der Waals surface area contributed by atoms with E-state index in [4.69, 9.17) is 25.5 Å². The van der Waals surface area contributed by atoms with Crippen LogP contribution in [0.1, 0.15) is 33.1 Å². The lowest BCUT2D eigenvalue weighted by atomic mass is 10.1. The number of nitrogens with zero attached hydrogens (tertiary/aromatic N) is 3. The molecule has 1 amide bonds. The Kier molecular flexibility index (Phi) is 6.92. The van der Waals surface area contributed by atoms with Gasteiger partial charge in [0.25, 0.3) is 5.91 Å². The van der Waals surface area contributed by atoms with E-state index < -0.39 is 0 Å². The highest BCUT2D eigenvalue weighted by atomic mass is 35.5. The molecule has 178 valence electrons. The van der Waals surface area contributed by atoms with Crippen LogP contribution in [0.3, 0.4) is 0 Å². The largest absolute Gasteiger partial charge is 0.454 e. The Morgan fingerprint density at radius 3 is 2.74 bits per heavy atom.